The van der Waals surface area contributed by atoms with Crippen molar-refractivity contribution in [3.8, 4) is 5.75 Å². The van der Waals surface area contributed by atoms with E-state index in [0.717, 1.165) is 28.0 Å². The molecule has 7 heteroatoms. The van der Waals surface area contributed by atoms with Crippen LogP contribution < -0.4 is 15.0 Å². The van der Waals surface area contributed by atoms with Crippen molar-refractivity contribution in [3.63, 3.8) is 0 Å². The third-order valence-corrected chi connectivity index (χ3v) is 6.62. The smallest absolute Gasteiger partial charge is 0.227 e. The fourth-order valence-corrected chi connectivity index (χ4v) is 4.75. The summed E-state index contributed by atoms with van der Waals surface area (Å²) in [4.78, 5) is 32.9. The summed E-state index contributed by atoms with van der Waals surface area (Å²) in [6.45, 7) is 2.27. The Bertz CT molecular complexity index is 1400. The SMILES string of the molecule is COc1ccc(C)cc1N1CC(C(=O)NC(c2ccccc2)c2nc3ccccc3n2C)CC1=O. The van der Waals surface area contributed by atoms with Gasteiger partial charge in [0.2, 0.25) is 11.8 Å². The number of methoxy groups -OCH3 is 1. The third-order valence-electron chi connectivity index (χ3n) is 6.62. The summed E-state index contributed by atoms with van der Waals surface area (Å²) in [6, 6.07) is 23.0. The lowest BCUT2D eigenvalue weighted by molar-refractivity contribution is -0.126. The summed E-state index contributed by atoms with van der Waals surface area (Å²) in [5.74, 6) is 0.620. The number of imidazole rings is 1. The van der Waals surface area contributed by atoms with Crippen LogP contribution in [0.3, 0.4) is 0 Å². The molecule has 1 N–H and O–H groups in total. The monoisotopic (exact) mass is 468 g/mol. The van der Waals surface area contributed by atoms with Crippen LogP contribution in [-0.2, 0) is 16.6 Å². The highest BCUT2D eigenvalue weighted by Crippen LogP contribution is 2.34. The number of ether oxygens (including phenoxy) is 1. The van der Waals surface area contributed by atoms with Crippen LogP contribution in [0.2, 0.25) is 0 Å². The molecule has 3 aromatic carbocycles. The highest BCUT2D eigenvalue weighted by molar-refractivity contribution is 6.01. The molecule has 1 aromatic heterocycles. The van der Waals surface area contributed by atoms with E-state index in [-0.39, 0.29) is 18.2 Å². The van der Waals surface area contributed by atoms with Crippen LogP contribution in [-0.4, -0.2) is 35.0 Å². The number of rotatable bonds is 6. The molecule has 2 amide bonds. The van der Waals surface area contributed by atoms with E-state index in [1.165, 1.54) is 0 Å². The van der Waals surface area contributed by atoms with E-state index in [2.05, 4.69) is 5.32 Å². The van der Waals surface area contributed by atoms with Gasteiger partial charge in [-0.25, -0.2) is 4.98 Å². The fraction of sp³-hybridized carbons (Fsp3) is 0.250. The Hall–Kier alpha value is -4.13. The highest BCUT2D eigenvalue weighted by atomic mass is 16.5. The molecule has 1 aliphatic rings. The number of hydrogen-bond donors (Lipinski definition) is 1. The average Bonchev–Trinajstić information content (AvgIpc) is 3.43. The minimum absolute atomic E-state index is 0.0898. The largest absolute Gasteiger partial charge is 0.495 e. The van der Waals surface area contributed by atoms with Gasteiger partial charge in [-0.05, 0) is 42.3 Å². The summed E-state index contributed by atoms with van der Waals surface area (Å²) in [7, 11) is 3.54. The molecule has 1 saturated heterocycles. The number of anilines is 1. The minimum atomic E-state index is -0.478. The molecule has 1 fully saturated rings. The second-order valence-electron chi connectivity index (χ2n) is 8.95. The van der Waals surface area contributed by atoms with Crippen LogP contribution in [0.5, 0.6) is 5.75 Å². The first-order chi connectivity index (χ1) is 17.0. The number of hydrogen-bond acceptors (Lipinski definition) is 4. The zero-order chi connectivity index (χ0) is 24.5. The Morgan fingerprint density at radius 2 is 1.83 bits per heavy atom. The zero-order valence-corrected chi connectivity index (χ0v) is 20.1. The fourth-order valence-electron chi connectivity index (χ4n) is 4.75. The molecule has 2 heterocycles. The molecule has 178 valence electrons. The molecular formula is C28H28N4O3. The number of fused-ring (bicyclic) bond motifs is 1. The van der Waals surface area contributed by atoms with E-state index in [4.69, 9.17) is 9.72 Å². The molecule has 2 atom stereocenters. The number of nitrogens with zero attached hydrogens (tertiary/aromatic N) is 3. The Morgan fingerprint density at radius 1 is 1.09 bits per heavy atom. The summed E-state index contributed by atoms with van der Waals surface area (Å²) >= 11 is 0. The molecule has 5 rings (SSSR count). The van der Waals surface area contributed by atoms with Gasteiger partial charge < -0.3 is 19.5 Å². The van der Waals surface area contributed by atoms with Gasteiger partial charge in [0.1, 0.15) is 17.6 Å². The number of carbonyl (C=O) groups excluding carboxylic acids is 2. The summed E-state index contributed by atoms with van der Waals surface area (Å²) in [5, 5.41) is 3.19. The van der Waals surface area contributed by atoms with Crippen molar-refractivity contribution in [2.24, 2.45) is 13.0 Å². The predicted molar refractivity (Wildman–Crippen MR) is 135 cm³/mol. The molecule has 0 spiro atoms. The maximum atomic E-state index is 13.5. The van der Waals surface area contributed by atoms with Crippen LogP contribution in [0.4, 0.5) is 5.69 Å². The predicted octanol–water partition coefficient (Wildman–Crippen LogP) is 4.15. The molecule has 7 nitrogen and oxygen atoms in total. The summed E-state index contributed by atoms with van der Waals surface area (Å²) in [6.07, 6.45) is 0.146. The number of nitrogens with one attached hydrogen (secondary N) is 1. The van der Waals surface area contributed by atoms with Gasteiger partial charge in [-0.15, -0.1) is 0 Å². The van der Waals surface area contributed by atoms with E-state index in [0.29, 0.717) is 18.0 Å². The Kier molecular flexibility index (Phi) is 5.99. The van der Waals surface area contributed by atoms with Crippen LogP contribution in [0.1, 0.15) is 29.4 Å². The van der Waals surface area contributed by atoms with Crippen molar-refractivity contribution in [2.75, 3.05) is 18.6 Å². The summed E-state index contributed by atoms with van der Waals surface area (Å²) < 4.78 is 7.48. The van der Waals surface area contributed by atoms with Crippen LogP contribution in [0.15, 0.2) is 72.8 Å². The molecular weight excluding hydrogens is 440 g/mol. The Labute approximate surface area is 204 Å². The van der Waals surface area contributed by atoms with E-state index in [1.807, 2.05) is 91.3 Å². The normalized spacial score (nSPS) is 16.5. The summed E-state index contributed by atoms with van der Waals surface area (Å²) in [5.41, 5.74) is 4.51. The van der Waals surface area contributed by atoms with E-state index in [9.17, 15) is 9.59 Å². The molecule has 2 unspecified atom stereocenters. The van der Waals surface area contributed by atoms with Crippen molar-refractivity contribution in [1.82, 2.24) is 14.9 Å². The molecule has 0 saturated carbocycles. The second kappa shape index (κ2) is 9.25. The second-order valence-corrected chi connectivity index (χ2v) is 8.95. The molecule has 0 aliphatic carbocycles. The number of aryl methyl sites for hydroxylation is 2. The van der Waals surface area contributed by atoms with E-state index in [1.54, 1.807) is 12.0 Å². The van der Waals surface area contributed by atoms with Gasteiger partial charge >= 0.3 is 0 Å². The first-order valence-electron chi connectivity index (χ1n) is 11.7. The standard InChI is InChI=1S/C28H28N4O3/c1-18-13-14-24(35-3)23(15-18)32-17-20(16-25(32)33)28(34)30-26(19-9-5-4-6-10-19)27-29-21-11-7-8-12-22(21)31(27)2/h4-15,20,26H,16-17H2,1-3H3,(H,30,34). The lowest BCUT2D eigenvalue weighted by Crippen LogP contribution is -2.37. The quantitative estimate of drug-likeness (QED) is 0.461. The van der Waals surface area contributed by atoms with Crippen LogP contribution in [0.25, 0.3) is 11.0 Å². The molecule has 35 heavy (non-hydrogen) atoms. The average molecular weight is 469 g/mol. The van der Waals surface area contributed by atoms with Crippen molar-refractivity contribution in [1.29, 1.82) is 0 Å². The number of carbonyl (C=O) groups is 2. The number of aromatic nitrogens is 2. The molecule has 0 bridgehead atoms. The van der Waals surface area contributed by atoms with Crippen molar-refractivity contribution >= 4 is 28.5 Å². The zero-order valence-electron chi connectivity index (χ0n) is 20.1. The lowest BCUT2D eigenvalue weighted by Gasteiger charge is -2.22. The van der Waals surface area contributed by atoms with Crippen molar-refractivity contribution in [3.05, 3.63) is 89.7 Å². The maximum Gasteiger partial charge on any atom is 0.227 e. The lowest BCUT2D eigenvalue weighted by atomic mass is 10.0. The van der Waals surface area contributed by atoms with Gasteiger partial charge in [-0.1, -0.05) is 48.5 Å². The molecule has 1 aliphatic heterocycles. The van der Waals surface area contributed by atoms with Crippen LogP contribution in [0, 0.1) is 12.8 Å². The Morgan fingerprint density at radius 3 is 2.57 bits per heavy atom. The first kappa shape index (κ1) is 22.7. The van der Waals surface area contributed by atoms with E-state index < -0.39 is 12.0 Å². The number of amides is 2. The van der Waals surface area contributed by atoms with Crippen molar-refractivity contribution < 1.29 is 14.3 Å². The number of para-hydroxylation sites is 2. The molecule has 0 radical (unpaired) electrons. The van der Waals surface area contributed by atoms with Crippen LogP contribution >= 0.6 is 0 Å². The maximum absolute atomic E-state index is 13.5. The third kappa shape index (κ3) is 4.25. The van der Waals surface area contributed by atoms with Gasteiger partial charge in [-0.3, -0.25) is 9.59 Å². The van der Waals surface area contributed by atoms with Gasteiger partial charge in [0.05, 0.1) is 29.7 Å². The van der Waals surface area contributed by atoms with Gasteiger partial charge in [0, 0.05) is 20.0 Å². The minimum Gasteiger partial charge on any atom is -0.495 e. The highest BCUT2D eigenvalue weighted by Gasteiger charge is 2.37. The number of benzene rings is 3. The van der Waals surface area contributed by atoms with Gasteiger partial charge in [0.25, 0.3) is 0 Å². The van der Waals surface area contributed by atoms with Gasteiger partial charge in [0.15, 0.2) is 0 Å². The first-order valence-corrected chi connectivity index (χ1v) is 11.7. The topological polar surface area (TPSA) is 76.5 Å². The van der Waals surface area contributed by atoms with Gasteiger partial charge in [-0.2, -0.15) is 0 Å². The van der Waals surface area contributed by atoms with Crippen molar-refractivity contribution in [2.45, 2.75) is 19.4 Å². The van der Waals surface area contributed by atoms with E-state index >= 15 is 0 Å². The Balaban J connectivity index is 1.44. The molecule has 4 aromatic rings.